The van der Waals surface area contributed by atoms with Gasteiger partial charge in [0.15, 0.2) is 5.82 Å². The molecule has 0 bridgehead atoms. The van der Waals surface area contributed by atoms with E-state index in [0.717, 1.165) is 5.56 Å². The van der Waals surface area contributed by atoms with Gasteiger partial charge in [0.2, 0.25) is 11.8 Å². The van der Waals surface area contributed by atoms with Crippen molar-refractivity contribution in [3.63, 3.8) is 0 Å². The summed E-state index contributed by atoms with van der Waals surface area (Å²) < 4.78 is 4.93. The first-order valence-electron chi connectivity index (χ1n) is 9.05. The lowest BCUT2D eigenvalue weighted by Crippen LogP contribution is -2.54. The van der Waals surface area contributed by atoms with Gasteiger partial charge in [-0.05, 0) is 18.9 Å². The predicted octanol–water partition coefficient (Wildman–Crippen LogP) is 1.48. The van der Waals surface area contributed by atoms with Crippen molar-refractivity contribution in [1.29, 1.82) is 0 Å². The minimum absolute atomic E-state index is 0. The summed E-state index contributed by atoms with van der Waals surface area (Å²) in [6, 6.07) is 10.9. The molecule has 0 spiro atoms. The molecule has 8 nitrogen and oxygen atoms in total. The third-order valence-corrected chi connectivity index (χ3v) is 4.56. The topological polar surface area (TPSA) is 105 Å². The minimum Gasteiger partial charge on any atom is -0.360 e. The Hall–Kier alpha value is -2.13. The number of nitrogens with one attached hydrogen (secondary N) is 1. The highest BCUT2D eigenvalue weighted by Gasteiger charge is 2.26. The van der Waals surface area contributed by atoms with Crippen molar-refractivity contribution in [2.75, 3.05) is 38.0 Å². The quantitative estimate of drug-likeness (QED) is 0.700. The van der Waals surface area contributed by atoms with Crippen LogP contribution in [0.25, 0.3) is 0 Å². The molecule has 3 N–H and O–H groups in total. The van der Waals surface area contributed by atoms with Gasteiger partial charge in [-0.3, -0.25) is 14.5 Å². The molecule has 0 aliphatic carbocycles. The Morgan fingerprint density at radius 1 is 1.17 bits per heavy atom. The Kier molecular flexibility index (Phi) is 10.1. The van der Waals surface area contributed by atoms with Gasteiger partial charge < -0.3 is 20.5 Å². The third kappa shape index (κ3) is 7.32. The molecule has 0 saturated carbocycles. The summed E-state index contributed by atoms with van der Waals surface area (Å²) >= 11 is 0. The van der Waals surface area contributed by atoms with E-state index in [1.807, 2.05) is 35.2 Å². The number of hydrogen-bond donors (Lipinski definition) is 2. The number of halogens is 2. The molecule has 2 aromatic rings. The zero-order chi connectivity index (χ0) is 19.2. The molecule has 1 aliphatic heterocycles. The molecule has 1 aliphatic rings. The molecule has 10 heteroatoms. The molecule has 0 radical (unpaired) electrons. The summed E-state index contributed by atoms with van der Waals surface area (Å²) in [5.41, 5.74) is 7.15. The molecule has 3 rings (SSSR count). The van der Waals surface area contributed by atoms with Crippen molar-refractivity contribution in [2.45, 2.75) is 19.4 Å². The van der Waals surface area contributed by atoms with E-state index in [4.69, 9.17) is 10.3 Å². The average Bonchev–Trinajstić information content (AvgIpc) is 3.07. The van der Waals surface area contributed by atoms with Crippen LogP contribution < -0.4 is 11.1 Å². The summed E-state index contributed by atoms with van der Waals surface area (Å²) in [4.78, 5) is 28.4. The molecular weight excluding hydrogens is 417 g/mol. The number of nitrogens with zero attached hydrogens (tertiary/aromatic N) is 3. The molecule has 29 heavy (non-hydrogen) atoms. The van der Waals surface area contributed by atoms with Gasteiger partial charge in [0.1, 0.15) is 5.76 Å². The number of carbonyl (C=O) groups excluding carboxylic acids is 2. The number of hydrogen-bond acceptors (Lipinski definition) is 6. The molecule has 2 heterocycles. The van der Waals surface area contributed by atoms with E-state index in [1.54, 1.807) is 17.9 Å². The summed E-state index contributed by atoms with van der Waals surface area (Å²) in [5.74, 6) is 0.868. The van der Waals surface area contributed by atoms with Gasteiger partial charge >= 0.3 is 0 Å². The lowest BCUT2D eigenvalue weighted by atomic mass is 10.1. The zero-order valence-electron chi connectivity index (χ0n) is 16.2. The molecule has 1 atom stereocenters. The number of carbonyl (C=O) groups is 2. The van der Waals surface area contributed by atoms with Crippen molar-refractivity contribution >= 4 is 42.4 Å². The van der Waals surface area contributed by atoms with Crippen molar-refractivity contribution in [1.82, 2.24) is 15.0 Å². The van der Waals surface area contributed by atoms with Crippen molar-refractivity contribution in [3.05, 3.63) is 47.7 Å². The van der Waals surface area contributed by atoms with E-state index in [1.165, 1.54) is 0 Å². The maximum absolute atomic E-state index is 12.6. The maximum Gasteiger partial charge on any atom is 0.239 e. The Balaban J connectivity index is 0.00000210. The van der Waals surface area contributed by atoms with Gasteiger partial charge in [0, 0.05) is 32.2 Å². The number of benzene rings is 1. The van der Waals surface area contributed by atoms with Crippen LogP contribution >= 0.6 is 24.8 Å². The summed E-state index contributed by atoms with van der Waals surface area (Å²) in [5, 5.41) is 6.45. The second-order valence-corrected chi connectivity index (χ2v) is 6.77. The van der Waals surface area contributed by atoms with Crippen LogP contribution in [0, 0.1) is 6.92 Å². The summed E-state index contributed by atoms with van der Waals surface area (Å²) in [7, 11) is 0. The van der Waals surface area contributed by atoms with Crippen LogP contribution in [-0.2, 0) is 16.0 Å². The van der Waals surface area contributed by atoms with Crippen molar-refractivity contribution < 1.29 is 14.1 Å². The third-order valence-electron chi connectivity index (χ3n) is 4.56. The van der Waals surface area contributed by atoms with Gasteiger partial charge in [-0.2, -0.15) is 0 Å². The Morgan fingerprint density at radius 3 is 2.41 bits per heavy atom. The smallest absolute Gasteiger partial charge is 0.239 e. The minimum atomic E-state index is -0.544. The van der Waals surface area contributed by atoms with Crippen molar-refractivity contribution in [3.8, 4) is 0 Å². The summed E-state index contributed by atoms with van der Waals surface area (Å²) in [6.45, 7) is 4.42. The SMILES string of the molecule is Cc1cc(NC(=O)CN2CCN(C(=O)C(N)Cc3ccccc3)CC2)no1.Cl.Cl. The Bertz CT molecular complexity index is 779. The fourth-order valence-corrected chi connectivity index (χ4v) is 3.13. The number of nitrogens with two attached hydrogens (primary N) is 1. The van der Waals surface area contributed by atoms with E-state index in [-0.39, 0.29) is 43.2 Å². The number of piperazine rings is 1. The van der Waals surface area contributed by atoms with Gasteiger partial charge in [-0.25, -0.2) is 0 Å². The molecular formula is C19H27Cl2N5O3. The number of aryl methyl sites for hydroxylation is 1. The molecule has 1 aromatic carbocycles. The Morgan fingerprint density at radius 2 is 1.83 bits per heavy atom. The standard InChI is InChI=1S/C19H25N5O3.2ClH/c1-14-11-17(22-27-14)21-18(25)13-23-7-9-24(10-8-23)19(26)16(20)12-15-5-3-2-4-6-15;;/h2-6,11,16H,7-10,12-13,20H2,1H3,(H,21,22,25);2*1H. The largest absolute Gasteiger partial charge is 0.360 e. The molecule has 1 fully saturated rings. The Labute approximate surface area is 182 Å². The highest BCUT2D eigenvalue weighted by molar-refractivity contribution is 5.91. The fourth-order valence-electron chi connectivity index (χ4n) is 3.13. The van der Waals surface area contributed by atoms with Crippen LogP contribution in [-0.4, -0.2) is 65.5 Å². The van der Waals surface area contributed by atoms with Crippen LogP contribution in [0.5, 0.6) is 0 Å². The molecule has 1 saturated heterocycles. The van der Waals surface area contributed by atoms with Crippen LogP contribution in [0.4, 0.5) is 5.82 Å². The molecule has 1 unspecified atom stereocenters. The zero-order valence-corrected chi connectivity index (χ0v) is 17.9. The van der Waals surface area contributed by atoms with E-state index >= 15 is 0 Å². The lowest BCUT2D eigenvalue weighted by molar-refractivity contribution is -0.134. The maximum atomic E-state index is 12.6. The normalized spacial score (nSPS) is 15.0. The second-order valence-electron chi connectivity index (χ2n) is 6.77. The summed E-state index contributed by atoms with van der Waals surface area (Å²) in [6.07, 6.45) is 0.527. The van der Waals surface area contributed by atoms with Crippen LogP contribution in [0.15, 0.2) is 40.9 Å². The predicted molar refractivity (Wildman–Crippen MR) is 116 cm³/mol. The number of rotatable bonds is 6. The number of anilines is 1. The first-order valence-corrected chi connectivity index (χ1v) is 9.05. The molecule has 2 amide bonds. The average molecular weight is 444 g/mol. The van der Waals surface area contributed by atoms with E-state index < -0.39 is 6.04 Å². The van der Waals surface area contributed by atoms with Crippen LogP contribution in [0.1, 0.15) is 11.3 Å². The van der Waals surface area contributed by atoms with Gasteiger partial charge in [0.05, 0.1) is 12.6 Å². The number of amides is 2. The van der Waals surface area contributed by atoms with Gasteiger partial charge in [-0.1, -0.05) is 35.5 Å². The van der Waals surface area contributed by atoms with Crippen LogP contribution in [0.3, 0.4) is 0 Å². The number of aromatic nitrogens is 1. The molecule has 1 aromatic heterocycles. The van der Waals surface area contributed by atoms with E-state index in [9.17, 15) is 9.59 Å². The highest BCUT2D eigenvalue weighted by Crippen LogP contribution is 2.09. The van der Waals surface area contributed by atoms with Gasteiger partial charge in [0.25, 0.3) is 0 Å². The first kappa shape index (κ1) is 24.9. The van der Waals surface area contributed by atoms with Crippen molar-refractivity contribution in [2.24, 2.45) is 5.73 Å². The van der Waals surface area contributed by atoms with Crippen LogP contribution in [0.2, 0.25) is 0 Å². The first-order chi connectivity index (χ1) is 13.0. The van der Waals surface area contributed by atoms with E-state index in [0.29, 0.717) is 44.2 Å². The van der Waals surface area contributed by atoms with E-state index in [2.05, 4.69) is 10.5 Å². The highest BCUT2D eigenvalue weighted by atomic mass is 35.5. The monoisotopic (exact) mass is 443 g/mol. The fraction of sp³-hybridized carbons (Fsp3) is 0.421. The van der Waals surface area contributed by atoms with Gasteiger partial charge in [-0.15, -0.1) is 24.8 Å². The lowest BCUT2D eigenvalue weighted by Gasteiger charge is -2.35. The molecule has 160 valence electrons. The second kappa shape index (κ2) is 11.8.